The first-order valence-electron chi connectivity index (χ1n) is 11.1. The predicted octanol–water partition coefficient (Wildman–Crippen LogP) is 3.81. The summed E-state index contributed by atoms with van der Waals surface area (Å²) in [6.07, 6.45) is 9.19. The van der Waals surface area contributed by atoms with E-state index in [1.165, 1.54) is 6.07 Å². The summed E-state index contributed by atoms with van der Waals surface area (Å²) in [6.45, 7) is 2.27. The van der Waals surface area contributed by atoms with Crippen LogP contribution in [0.25, 0.3) is 10.9 Å². The number of allylic oxidation sites excluding steroid dienone is 3. The number of anilines is 1. The highest BCUT2D eigenvalue weighted by molar-refractivity contribution is 7.93. The minimum atomic E-state index is -3.89. The second-order valence-corrected chi connectivity index (χ2v) is 10.5. The molecule has 0 saturated carbocycles. The normalized spacial score (nSPS) is 17.2. The number of aryl methyl sites for hydroxylation is 1. The van der Waals surface area contributed by atoms with Gasteiger partial charge in [-0.05, 0) is 61.2 Å². The number of aliphatic hydroxyl groups is 1. The largest absolute Gasteiger partial charge is 0.382 e. The zero-order chi connectivity index (χ0) is 23.9. The van der Waals surface area contributed by atoms with E-state index in [-0.39, 0.29) is 23.9 Å². The maximum absolute atomic E-state index is 13.1. The number of nitrogens with one attached hydrogen (secondary N) is 1. The number of rotatable bonds is 5. The molecule has 34 heavy (non-hydrogen) atoms. The third kappa shape index (κ3) is 3.99. The lowest BCUT2D eigenvalue weighted by Gasteiger charge is -2.48. The van der Waals surface area contributed by atoms with Crippen molar-refractivity contribution in [2.75, 3.05) is 17.8 Å². The van der Waals surface area contributed by atoms with Gasteiger partial charge in [0.25, 0.3) is 15.9 Å². The average molecular weight is 476 g/mol. The molecule has 1 fully saturated rings. The molecule has 2 N–H and O–H groups in total. The molecule has 1 aliphatic heterocycles. The Hall–Kier alpha value is -3.49. The van der Waals surface area contributed by atoms with Gasteiger partial charge in [-0.15, -0.1) is 0 Å². The third-order valence-corrected chi connectivity index (χ3v) is 7.80. The summed E-state index contributed by atoms with van der Waals surface area (Å²) in [5.74, 6) is -0.188. The first kappa shape index (κ1) is 22.3. The Bertz CT molecular complexity index is 1450. The van der Waals surface area contributed by atoms with Crippen LogP contribution >= 0.6 is 0 Å². The van der Waals surface area contributed by atoms with Gasteiger partial charge >= 0.3 is 0 Å². The number of hydrogen-bond donors (Lipinski definition) is 2. The van der Waals surface area contributed by atoms with Gasteiger partial charge in [0.15, 0.2) is 0 Å². The van der Waals surface area contributed by atoms with Crippen molar-refractivity contribution >= 4 is 32.5 Å². The van der Waals surface area contributed by atoms with Gasteiger partial charge < -0.3 is 10.0 Å². The number of benzene rings is 2. The maximum atomic E-state index is 13.1. The number of likely N-dealkylation sites (tertiary alicyclic amines) is 1. The molecule has 0 radical (unpaired) electrons. The molecule has 7 nitrogen and oxygen atoms in total. The van der Waals surface area contributed by atoms with Gasteiger partial charge in [0.2, 0.25) is 0 Å². The molecule has 2 aromatic carbocycles. The maximum Gasteiger partial charge on any atom is 0.264 e. The number of pyridine rings is 1. The minimum Gasteiger partial charge on any atom is -0.382 e. The van der Waals surface area contributed by atoms with Crippen LogP contribution in [0.4, 0.5) is 5.69 Å². The summed E-state index contributed by atoms with van der Waals surface area (Å²) < 4.78 is 28.8. The van der Waals surface area contributed by atoms with Crippen molar-refractivity contribution in [1.82, 2.24) is 9.88 Å². The van der Waals surface area contributed by atoms with Crippen LogP contribution in [-0.4, -0.2) is 48.0 Å². The number of sulfonamides is 1. The molecular weight excluding hydrogens is 450 g/mol. The van der Waals surface area contributed by atoms with E-state index in [0.29, 0.717) is 22.3 Å². The second-order valence-electron chi connectivity index (χ2n) is 8.82. The molecule has 1 aromatic heterocycles. The lowest BCUT2D eigenvalue weighted by Crippen LogP contribution is -2.64. The van der Waals surface area contributed by atoms with Crippen molar-refractivity contribution in [3.63, 3.8) is 0 Å². The number of aromatic nitrogens is 1. The van der Waals surface area contributed by atoms with Gasteiger partial charge in [0.1, 0.15) is 10.5 Å². The van der Waals surface area contributed by atoms with Crippen molar-refractivity contribution in [1.29, 1.82) is 0 Å². The fourth-order valence-corrected chi connectivity index (χ4v) is 5.82. The standard InChI is InChI=1S/C26H25N3O4S/c1-18-15-20(25(30)29-16-26(31,17-29)21-9-3-2-4-10-21)12-13-22(18)28-34(32,33)23-11-5-7-19-8-6-14-27-24(19)23/h2-3,5-9,11-15,28,31H,4,10,16-17H2,1H3. The third-order valence-electron chi connectivity index (χ3n) is 6.41. The molecule has 2 aliphatic rings. The molecule has 3 aromatic rings. The fourth-order valence-electron chi connectivity index (χ4n) is 4.51. The van der Waals surface area contributed by atoms with Gasteiger partial charge in [0, 0.05) is 17.1 Å². The monoisotopic (exact) mass is 475 g/mol. The molecule has 2 heterocycles. The Kier molecular flexibility index (Phi) is 5.50. The lowest BCUT2D eigenvalue weighted by atomic mass is 9.81. The van der Waals surface area contributed by atoms with Crippen LogP contribution in [0.2, 0.25) is 0 Å². The number of amides is 1. The zero-order valence-corrected chi connectivity index (χ0v) is 19.5. The molecule has 5 rings (SSSR count). The highest BCUT2D eigenvalue weighted by atomic mass is 32.2. The fraction of sp³-hybridized carbons (Fsp3) is 0.231. The second kappa shape index (κ2) is 8.38. The van der Waals surface area contributed by atoms with E-state index < -0.39 is 15.6 Å². The van der Waals surface area contributed by atoms with Crippen LogP contribution in [0.15, 0.2) is 83.4 Å². The number of carbonyl (C=O) groups is 1. The van der Waals surface area contributed by atoms with Crippen molar-refractivity contribution in [2.24, 2.45) is 0 Å². The molecule has 0 bridgehead atoms. The van der Waals surface area contributed by atoms with E-state index in [4.69, 9.17) is 0 Å². The summed E-state index contributed by atoms with van der Waals surface area (Å²) in [5.41, 5.74) is 1.87. The molecule has 1 saturated heterocycles. The molecule has 1 amide bonds. The summed E-state index contributed by atoms with van der Waals surface area (Å²) in [7, 11) is -3.89. The summed E-state index contributed by atoms with van der Waals surface area (Å²) in [6, 6.07) is 13.5. The van der Waals surface area contributed by atoms with Crippen LogP contribution in [0.1, 0.15) is 28.8 Å². The molecule has 1 aliphatic carbocycles. The first-order chi connectivity index (χ1) is 16.3. The molecule has 174 valence electrons. The van der Waals surface area contributed by atoms with Crippen molar-refractivity contribution in [3.05, 3.63) is 89.7 Å². The van der Waals surface area contributed by atoms with Crippen LogP contribution in [0.5, 0.6) is 0 Å². The van der Waals surface area contributed by atoms with E-state index in [0.717, 1.165) is 23.8 Å². The van der Waals surface area contributed by atoms with Gasteiger partial charge in [-0.1, -0.05) is 36.4 Å². The lowest BCUT2D eigenvalue weighted by molar-refractivity contribution is -0.0557. The summed E-state index contributed by atoms with van der Waals surface area (Å²) >= 11 is 0. The smallest absolute Gasteiger partial charge is 0.264 e. The van der Waals surface area contributed by atoms with Crippen molar-refractivity contribution < 1.29 is 18.3 Å². The van der Waals surface area contributed by atoms with E-state index >= 15 is 0 Å². The van der Waals surface area contributed by atoms with Crippen molar-refractivity contribution in [3.8, 4) is 0 Å². The summed E-state index contributed by atoms with van der Waals surface area (Å²) in [5, 5.41) is 11.6. The Morgan fingerprint density at radius 1 is 1.15 bits per heavy atom. The number of β-amino-alcohol motifs (C(OH)–C–C–N with tert-alkyl or cyclic N) is 1. The topological polar surface area (TPSA) is 99.6 Å². The SMILES string of the molecule is Cc1cc(C(=O)N2CC(O)(C3=CC=CCC3)C2)ccc1NS(=O)(=O)c1cccc2cccnc12. The zero-order valence-electron chi connectivity index (χ0n) is 18.7. The Balaban J connectivity index is 1.33. The average Bonchev–Trinajstić information content (AvgIpc) is 2.83. The quantitative estimate of drug-likeness (QED) is 0.585. The molecule has 0 spiro atoms. The van der Waals surface area contributed by atoms with Crippen LogP contribution in [-0.2, 0) is 10.0 Å². The van der Waals surface area contributed by atoms with Gasteiger partial charge in [-0.3, -0.25) is 14.5 Å². The van der Waals surface area contributed by atoms with E-state index in [2.05, 4.69) is 15.8 Å². The minimum absolute atomic E-state index is 0.0943. The molecule has 0 atom stereocenters. The van der Waals surface area contributed by atoms with Crippen LogP contribution in [0.3, 0.4) is 0 Å². The highest BCUT2D eigenvalue weighted by Crippen LogP contribution is 2.34. The Morgan fingerprint density at radius 3 is 2.68 bits per heavy atom. The number of nitrogens with zero attached hydrogens (tertiary/aromatic N) is 2. The van der Waals surface area contributed by atoms with E-state index in [9.17, 15) is 18.3 Å². The molecule has 8 heteroatoms. The molecule has 0 unspecified atom stereocenters. The molecular formula is C26H25N3O4S. The summed E-state index contributed by atoms with van der Waals surface area (Å²) in [4.78, 5) is 18.9. The Labute approximate surface area is 198 Å². The predicted molar refractivity (Wildman–Crippen MR) is 131 cm³/mol. The number of carbonyl (C=O) groups excluding carboxylic acids is 1. The van der Waals surface area contributed by atoms with E-state index in [1.807, 2.05) is 24.3 Å². The first-order valence-corrected chi connectivity index (χ1v) is 12.6. The van der Waals surface area contributed by atoms with Gasteiger partial charge in [0.05, 0.1) is 24.3 Å². The van der Waals surface area contributed by atoms with E-state index in [1.54, 1.807) is 48.4 Å². The number of fused-ring (bicyclic) bond motifs is 1. The van der Waals surface area contributed by atoms with Crippen molar-refractivity contribution in [2.45, 2.75) is 30.3 Å². The van der Waals surface area contributed by atoms with Gasteiger partial charge in [-0.25, -0.2) is 8.42 Å². The Morgan fingerprint density at radius 2 is 1.94 bits per heavy atom. The van der Waals surface area contributed by atoms with Crippen LogP contribution < -0.4 is 4.72 Å². The van der Waals surface area contributed by atoms with Crippen LogP contribution in [0, 0.1) is 6.92 Å². The number of hydrogen-bond acceptors (Lipinski definition) is 5. The highest BCUT2D eigenvalue weighted by Gasteiger charge is 2.46. The number of para-hydroxylation sites is 1. The van der Waals surface area contributed by atoms with Gasteiger partial charge in [-0.2, -0.15) is 0 Å².